The number of nitrogens with zero attached hydrogens (tertiary/aromatic N) is 1. The summed E-state index contributed by atoms with van der Waals surface area (Å²) in [6, 6.07) is 3.92. The fraction of sp³-hybridized carbons (Fsp3) is 0.643. The molecule has 18 heavy (non-hydrogen) atoms. The zero-order chi connectivity index (χ0) is 13.0. The molecule has 0 radical (unpaired) electrons. The number of hydrogen-bond acceptors (Lipinski definition) is 4. The highest BCUT2D eigenvalue weighted by atomic mass is 16.5. The second-order valence-corrected chi connectivity index (χ2v) is 4.90. The van der Waals surface area contributed by atoms with Gasteiger partial charge in [-0.25, -0.2) is 0 Å². The van der Waals surface area contributed by atoms with Crippen molar-refractivity contribution >= 4 is 0 Å². The van der Waals surface area contributed by atoms with E-state index in [1.807, 2.05) is 19.1 Å². The van der Waals surface area contributed by atoms with Crippen LogP contribution in [-0.2, 0) is 11.3 Å². The summed E-state index contributed by atoms with van der Waals surface area (Å²) in [5.41, 5.74) is 2.02. The number of aryl methyl sites for hydroxylation is 1. The van der Waals surface area contributed by atoms with Crippen molar-refractivity contribution in [2.24, 2.45) is 5.92 Å². The van der Waals surface area contributed by atoms with E-state index in [2.05, 4.69) is 17.2 Å². The molecule has 4 heteroatoms. The predicted octanol–water partition coefficient (Wildman–Crippen LogP) is 1.91. The average molecular weight is 250 g/mol. The van der Waals surface area contributed by atoms with Crippen LogP contribution in [0, 0.1) is 12.8 Å². The minimum atomic E-state index is 0.373. The van der Waals surface area contributed by atoms with E-state index in [1.54, 1.807) is 7.11 Å². The van der Waals surface area contributed by atoms with Gasteiger partial charge in [-0.2, -0.15) is 0 Å². The summed E-state index contributed by atoms with van der Waals surface area (Å²) >= 11 is 0. The van der Waals surface area contributed by atoms with Crippen LogP contribution in [0.4, 0.5) is 0 Å². The monoisotopic (exact) mass is 250 g/mol. The number of pyridine rings is 1. The topological polar surface area (TPSA) is 43.4 Å². The first-order valence-corrected chi connectivity index (χ1v) is 6.53. The first kappa shape index (κ1) is 13.3. The number of methoxy groups -OCH3 is 1. The SMILES string of the molecule is COc1cc(C)nc(CNCC2CCOC2C)c1. The van der Waals surface area contributed by atoms with Gasteiger partial charge in [-0.15, -0.1) is 0 Å². The van der Waals surface area contributed by atoms with E-state index < -0.39 is 0 Å². The molecule has 0 bridgehead atoms. The molecule has 1 N–H and O–H groups in total. The van der Waals surface area contributed by atoms with Crippen molar-refractivity contribution in [3.8, 4) is 5.75 Å². The zero-order valence-electron chi connectivity index (χ0n) is 11.4. The van der Waals surface area contributed by atoms with E-state index in [4.69, 9.17) is 9.47 Å². The summed E-state index contributed by atoms with van der Waals surface area (Å²) in [5.74, 6) is 1.49. The summed E-state index contributed by atoms with van der Waals surface area (Å²) in [5, 5.41) is 3.45. The molecule has 4 nitrogen and oxygen atoms in total. The summed E-state index contributed by atoms with van der Waals surface area (Å²) in [6.07, 6.45) is 1.52. The van der Waals surface area contributed by atoms with E-state index in [0.29, 0.717) is 12.0 Å². The molecule has 2 heterocycles. The maximum Gasteiger partial charge on any atom is 0.122 e. The fourth-order valence-corrected chi connectivity index (χ4v) is 2.34. The number of nitrogens with one attached hydrogen (secondary N) is 1. The summed E-state index contributed by atoms with van der Waals surface area (Å²) in [7, 11) is 1.68. The van der Waals surface area contributed by atoms with Crippen molar-refractivity contribution in [3.63, 3.8) is 0 Å². The van der Waals surface area contributed by atoms with Crippen molar-refractivity contribution in [2.75, 3.05) is 20.3 Å². The van der Waals surface area contributed by atoms with Gasteiger partial charge < -0.3 is 14.8 Å². The largest absolute Gasteiger partial charge is 0.497 e. The van der Waals surface area contributed by atoms with E-state index in [9.17, 15) is 0 Å². The van der Waals surface area contributed by atoms with Gasteiger partial charge in [0.25, 0.3) is 0 Å². The molecule has 1 aromatic rings. The molecule has 1 aliphatic heterocycles. The highest BCUT2D eigenvalue weighted by Crippen LogP contribution is 2.19. The Morgan fingerprint density at radius 2 is 2.33 bits per heavy atom. The van der Waals surface area contributed by atoms with Crippen LogP contribution in [0.2, 0.25) is 0 Å². The Kier molecular flexibility index (Phi) is 4.55. The third-order valence-corrected chi connectivity index (χ3v) is 3.46. The Hall–Kier alpha value is -1.13. The van der Waals surface area contributed by atoms with Gasteiger partial charge >= 0.3 is 0 Å². The van der Waals surface area contributed by atoms with E-state index in [0.717, 1.165) is 43.3 Å². The molecule has 0 saturated carbocycles. The van der Waals surface area contributed by atoms with E-state index in [-0.39, 0.29) is 0 Å². The van der Waals surface area contributed by atoms with E-state index >= 15 is 0 Å². The Morgan fingerprint density at radius 1 is 1.50 bits per heavy atom. The Morgan fingerprint density at radius 3 is 3.00 bits per heavy atom. The van der Waals surface area contributed by atoms with Crippen LogP contribution >= 0.6 is 0 Å². The average Bonchev–Trinajstić information content (AvgIpc) is 2.74. The number of rotatable bonds is 5. The third kappa shape index (κ3) is 3.43. The third-order valence-electron chi connectivity index (χ3n) is 3.46. The summed E-state index contributed by atoms with van der Waals surface area (Å²) in [4.78, 5) is 4.49. The van der Waals surface area contributed by atoms with Gasteiger partial charge in [0.1, 0.15) is 5.75 Å². The van der Waals surface area contributed by atoms with Crippen molar-refractivity contribution in [1.82, 2.24) is 10.3 Å². The van der Waals surface area contributed by atoms with Crippen LogP contribution in [0.5, 0.6) is 5.75 Å². The van der Waals surface area contributed by atoms with Crippen LogP contribution in [-0.4, -0.2) is 31.3 Å². The molecule has 100 valence electrons. The summed E-state index contributed by atoms with van der Waals surface area (Å²) < 4.78 is 10.8. The number of ether oxygens (including phenoxy) is 2. The maximum absolute atomic E-state index is 5.55. The molecular formula is C14H22N2O2. The molecule has 1 saturated heterocycles. The minimum Gasteiger partial charge on any atom is -0.497 e. The molecule has 1 aliphatic rings. The van der Waals surface area contributed by atoms with Crippen molar-refractivity contribution in [3.05, 3.63) is 23.5 Å². The molecule has 0 spiro atoms. The fourth-order valence-electron chi connectivity index (χ4n) is 2.34. The lowest BCUT2D eigenvalue weighted by Crippen LogP contribution is -2.27. The lowest BCUT2D eigenvalue weighted by atomic mass is 10.0. The highest BCUT2D eigenvalue weighted by Gasteiger charge is 2.23. The van der Waals surface area contributed by atoms with Crippen molar-refractivity contribution < 1.29 is 9.47 Å². The molecule has 2 atom stereocenters. The van der Waals surface area contributed by atoms with Gasteiger partial charge in [-0.1, -0.05) is 0 Å². The van der Waals surface area contributed by atoms with Crippen molar-refractivity contribution in [2.45, 2.75) is 32.9 Å². The Balaban J connectivity index is 1.84. The van der Waals surface area contributed by atoms with Gasteiger partial charge in [0, 0.05) is 37.5 Å². The predicted molar refractivity (Wildman–Crippen MR) is 70.8 cm³/mol. The van der Waals surface area contributed by atoms with Gasteiger partial charge in [-0.05, 0) is 26.2 Å². The van der Waals surface area contributed by atoms with Crippen LogP contribution in [0.15, 0.2) is 12.1 Å². The van der Waals surface area contributed by atoms with Crippen LogP contribution in [0.25, 0.3) is 0 Å². The van der Waals surface area contributed by atoms with Gasteiger partial charge in [0.15, 0.2) is 0 Å². The smallest absolute Gasteiger partial charge is 0.122 e. The molecule has 2 rings (SSSR count). The number of aromatic nitrogens is 1. The minimum absolute atomic E-state index is 0.373. The molecule has 0 amide bonds. The highest BCUT2D eigenvalue weighted by molar-refractivity contribution is 5.26. The molecule has 1 aromatic heterocycles. The van der Waals surface area contributed by atoms with E-state index in [1.165, 1.54) is 0 Å². The first-order chi connectivity index (χ1) is 8.69. The number of hydrogen-bond donors (Lipinski definition) is 1. The second kappa shape index (κ2) is 6.16. The summed E-state index contributed by atoms with van der Waals surface area (Å²) in [6.45, 7) is 6.79. The van der Waals surface area contributed by atoms with Crippen LogP contribution in [0.1, 0.15) is 24.7 Å². The molecule has 0 aromatic carbocycles. The lowest BCUT2D eigenvalue weighted by molar-refractivity contribution is 0.105. The van der Waals surface area contributed by atoms with Crippen molar-refractivity contribution in [1.29, 1.82) is 0 Å². The van der Waals surface area contributed by atoms with Gasteiger partial charge in [-0.3, -0.25) is 4.98 Å². The zero-order valence-corrected chi connectivity index (χ0v) is 11.4. The van der Waals surface area contributed by atoms with Gasteiger partial charge in [0.2, 0.25) is 0 Å². The lowest BCUT2D eigenvalue weighted by Gasteiger charge is -2.14. The van der Waals surface area contributed by atoms with Crippen LogP contribution in [0.3, 0.4) is 0 Å². The van der Waals surface area contributed by atoms with Gasteiger partial charge in [0.05, 0.1) is 18.9 Å². The Bertz CT molecular complexity index is 395. The quantitative estimate of drug-likeness (QED) is 0.867. The maximum atomic E-state index is 5.55. The normalized spacial score (nSPS) is 23.3. The molecule has 0 aliphatic carbocycles. The first-order valence-electron chi connectivity index (χ1n) is 6.53. The van der Waals surface area contributed by atoms with Crippen LogP contribution < -0.4 is 10.1 Å². The molecular weight excluding hydrogens is 228 g/mol. The molecule has 2 unspecified atom stereocenters. The second-order valence-electron chi connectivity index (χ2n) is 4.90. The standard InChI is InChI=1S/C14H22N2O2/c1-10-6-14(17-3)7-13(16-10)9-15-8-12-4-5-18-11(12)2/h6-7,11-12,15H,4-5,8-9H2,1-3H3. The Labute approximate surface area is 109 Å². The molecule has 1 fully saturated rings.